The van der Waals surface area contributed by atoms with Gasteiger partial charge in [-0.2, -0.15) is 0 Å². The summed E-state index contributed by atoms with van der Waals surface area (Å²) in [6.07, 6.45) is 2.27. The lowest BCUT2D eigenvalue weighted by Crippen LogP contribution is -2.42. The number of nitrogens with two attached hydrogens (primary N) is 1. The predicted octanol–water partition coefficient (Wildman–Crippen LogP) is 2.82. The van der Waals surface area contributed by atoms with Crippen LogP contribution in [0.3, 0.4) is 0 Å². The Morgan fingerprint density at radius 1 is 1.09 bits per heavy atom. The van der Waals surface area contributed by atoms with E-state index in [1.165, 1.54) is 9.47 Å². The number of benzene rings is 2. The van der Waals surface area contributed by atoms with Crippen LogP contribution in [-0.4, -0.2) is 40.3 Å². The number of hydrogen-bond donors (Lipinski definition) is 2. The van der Waals surface area contributed by atoms with E-state index in [1.807, 2.05) is 66.1 Å². The highest BCUT2D eigenvalue weighted by Crippen LogP contribution is 2.26. The molecule has 9 nitrogen and oxygen atoms in total. The fourth-order valence-corrected chi connectivity index (χ4v) is 4.27. The molecule has 0 atom stereocenters. The lowest BCUT2D eigenvalue weighted by atomic mass is 10.1. The molecule has 182 valence electrons. The van der Waals surface area contributed by atoms with Crippen LogP contribution in [-0.2, 0) is 17.8 Å². The van der Waals surface area contributed by atoms with Crippen molar-refractivity contribution in [3.05, 3.63) is 92.8 Å². The van der Waals surface area contributed by atoms with E-state index in [1.54, 1.807) is 13.3 Å². The Morgan fingerprint density at radius 3 is 2.51 bits per heavy atom. The predicted molar refractivity (Wildman–Crippen MR) is 137 cm³/mol. The van der Waals surface area contributed by atoms with Crippen molar-refractivity contribution < 1.29 is 9.53 Å². The number of nitrogens with one attached hydrogen (secondary N) is 1. The molecule has 0 aliphatic carbocycles. The third kappa shape index (κ3) is 4.76. The van der Waals surface area contributed by atoms with Gasteiger partial charge in [-0.15, -0.1) is 0 Å². The number of aryl methyl sites for hydroxylation is 1. The molecule has 4 aromatic rings. The Balaban J connectivity index is 1.84. The van der Waals surface area contributed by atoms with Crippen LogP contribution in [0.2, 0.25) is 0 Å². The normalized spacial score (nSPS) is 11.1. The second-order valence-electron chi connectivity index (χ2n) is 8.21. The van der Waals surface area contributed by atoms with Crippen molar-refractivity contribution in [2.24, 2.45) is 0 Å². The summed E-state index contributed by atoms with van der Waals surface area (Å²) in [7, 11) is 1.57. The molecule has 0 unspecified atom stereocenters. The number of ether oxygens (including phenoxy) is 1. The Kier molecular flexibility index (Phi) is 7.17. The third-order valence-corrected chi connectivity index (χ3v) is 6.00. The molecule has 35 heavy (non-hydrogen) atoms. The lowest BCUT2D eigenvalue weighted by Gasteiger charge is -2.24. The molecular formula is C26H29N5O4. The zero-order valence-electron chi connectivity index (χ0n) is 19.9. The second kappa shape index (κ2) is 10.4. The molecule has 0 spiro atoms. The third-order valence-electron chi connectivity index (χ3n) is 6.00. The number of fused-ring (bicyclic) bond motifs is 1. The van der Waals surface area contributed by atoms with E-state index in [0.717, 1.165) is 16.5 Å². The van der Waals surface area contributed by atoms with E-state index < -0.39 is 11.2 Å². The Hall–Kier alpha value is -4.11. The summed E-state index contributed by atoms with van der Waals surface area (Å²) in [5.41, 5.74) is 7.24. The van der Waals surface area contributed by atoms with Gasteiger partial charge in [-0.3, -0.25) is 19.1 Å². The van der Waals surface area contributed by atoms with E-state index in [-0.39, 0.29) is 30.5 Å². The summed E-state index contributed by atoms with van der Waals surface area (Å²) >= 11 is 0. The van der Waals surface area contributed by atoms with E-state index in [4.69, 9.17) is 10.5 Å². The Morgan fingerprint density at radius 2 is 1.80 bits per heavy atom. The number of para-hydroxylation sites is 1. The van der Waals surface area contributed by atoms with Gasteiger partial charge < -0.3 is 19.9 Å². The van der Waals surface area contributed by atoms with Gasteiger partial charge in [-0.1, -0.05) is 48.5 Å². The summed E-state index contributed by atoms with van der Waals surface area (Å²) in [6, 6.07) is 16.9. The van der Waals surface area contributed by atoms with Gasteiger partial charge in [0.25, 0.3) is 11.5 Å². The number of nitrogens with zero attached hydrogens (tertiary/aromatic N) is 3. The number of aromatic amines is 1. The molecule has 4 rings (SSSR count). The molecule has 2 heterocycles. The number of nitrogen functional groups attached to an aromatic ring is 1. The van der Waals surface area contributed by atoms with Gasteiger partial charge in [0.2, 0.25) is 0 Å². The van der Waals surface area contributed by atoms with Crippen LogP contribution in [0.15, 0.2) is 70.4 Å². The van der Waals surface area contributed by atoms with E-state index >= 15 is 0 Å². The Bertz CT molecular complexity index is 1450. The van der Waals surface area contributed by atoms with E-state index in [0.29, 0.717) is 25.1 Å². The van der Waals surface area contributed by atoms with Crippen LogP contribution < -0.4 is 21.9 Å². The molecule has 0 radical (unpaired) electrons. The standard InChI is InChI=1S/C26H29N5O4/c1-3-29-17-20(19-12-7-8-13-21(19)29)25(33)30(14-9-15-35-2)22-23(27)31(26(34)28-24(22)32)16-18-10-5-4-6-11-18/h4-8,10-13,17H,3,9,14-16,27H2,1-2H3,(H,28,32,34). The number of methoxy groups -OCH3 is 1. The number of hydrogen-bond acceptors (Lipinski definition) is 5. The van der Waals surface area contributed by atoms with Crippen molar-refractivity contribution in [2.45, 2.75) is 26.4 Å². The van der Waals surface area contributed by atoms with Gasteiger partial charge >= 0.3 is 5.69 Å². The smallest absolute Gasteiger partial charge is 0.330 e. The highest BCUT2D eigenvalue weighted by molar-refractivity contribution is 6.14. The highest BCUT2D eigenvalue weighted by atomic mass is 16.5. The first-order valence-electron chi connectivity index (χ1n) is 11.5. The summed E-state index contributed by atoms with van der Waals surface area (Å²) < 4.78 is 8.43. The quantitative estimate of drug-likeness (QED) is 0.361. The number of aromatic nitrogens is 3. The first-order valence-corrected chi connectivity index (χ1v) is 11.5. The molecule has 0 fully saturated rings. The zero-order chi connectivity index (χ0) is 24.9. The monoisotopic (exact) mass is 475 g/mol. The van der Waals surface area contributed by atoms with Crippen molar-refractivity contribution in [1.82, 2.24) is 14.1 Å². The van der Waals surface area contributed by atoms with E-state index in [9.17, 15) is 14.4 Å². The van der Waals surface area contributed by atoms with Crippen molar-refractivity contribution in [2.75, 3.05) is 30.9 Å². The minimum absolute atomic E-state index is 0.0463. The summed E-state index contributed by atoms with van der Waals surface area (Å²) in [6.45, 7) is 3.42. The summed E-state index contributed by atoms with van der Waals surface area (Å²) in [4.78, 5) is 43.3. The van der Waals surface area contributed by atoms with Gasteiger partial charge in [-0.05, 0) is 25.0 Å². The average Bonchev–Trinajstić information content (AvgIpc) is 3.25. The van der Waals surface area contributed by atoms with Crippen LogP contribution >= 0.6 is 0 Å². The van der Waals surface area contributed by atoms with Gasteiger partial charge in [-0.25, -0.2) is 4.79 Å². The number of rotatable bonds is 9. The highest BCUT2D eigenvalue weighted by Gasteiger charge is 2.27. The van der Waals surface area contributed by atoms with E-state index in [2.05, 4.69) is 4.98 Å². The molecule has 2 aromatic carbocycles. The SMILES string of the molecule is CCn1cc(C(=O)N(CCCOC)c2c(N)n(Cc3ccccc3)c(=O)[nH]c2=O)c2ccccc21. The summed E-state index contributed by atoms with van der Waals surface area (Å²) in [5, 5.41) is 0.781. The van der Waals surface area contributed by atoms with Crippen molar-refractivity contribution in [1.29, 1.82) is 0 Å². The first-order chi connectivity index (χ1) is 17.0. The first kappa shape index (κ1) is 24.0. The number of anilines is 2. The fraction of sp³-hybridized carbons (Fsp3) is 0.269. The maximum absolute atomic E-state index is 13.9. The van der Waals surface area contributed by atoms with Crippen LogP contribution in [0.5, 0.6) is 0 Å². The van der Waals surface area contributed by atoms with Crippen LogP contribution in [0.4, 0.5) is 11.5 Å². The van der Waals surface area contributed by atoms with Crippen LogP contribution in [0, 0.1) is 0 Å². The number of amides is 1. The molecule has 9 heteroatoms. The maximum atomic E-state index is 13.9. The minimum Gasteiger partial charge on any atom is -0.385 e. The largest absolute Gasteiger partial charge is 0.385 e. The van der Waals surface area contributed by atoms with Crippen LogP contribution in [0.1, 0.15) is 29.3 Å². The zero-order valence-corrected chi connectivity index (χ0v) is 19.9. The second-order valence-corrected chi connectivity index (χ2v) is 8.21. The van der Waals surface area contributed by atoms with Gasteiger partial charge in [0, 0.05) is 43.9 Å². The fourth-order valence-electron chi connectivity index (χ4n) is 4.27. The van der Waals surface area contributed by atoms with Gasteiger partial charge in [0.15, 0.2) is 5.69 Å². The van der Waals surface area contributed by atoms with Crippen molar-refractivity contribution in [3.63, 3.8) is 0 Å². The number of H-pyrrole nitrogens is 1. The number of carbonyl (C=O) groups is 1. The minimum atomic E-state index is -0.707. The average molecular weight is 476 g/mol. The maximum Gasteiger partial charge on any atom is 0.330 e. The number of carbonyl (C=O) groups excluding carboxylic acids is 1. The molecule has 0 saturated carbocycles. The summed E-state index contributed by atoms with van der Waals surface area (Å²) in [5.74, 6) is -0.431. The van der Waals surface area contributed by atoms with Crippen LogP contribution in [0.25, 0.3) is 10.9 Å². The molecule has 1 amide bonds. The van der Waals surface area contributed by atoms with Crippen molar-refractivity contribution >= 4 is 28.3 Å². The molecule has 3 N–H and O–H groups in total. The molecule has 0 bridgehead atoms. The molecule has 0 aliphatic rings. The molecular weight excluding hydrogens is 446 g/mol. The van der Waals surface area contributed by atoms with Gasteiger partial charge in [0.1, 0.15) is 5.82 Å². The lowest BCUT2D eigenvalue weighted by molar-refractivity contribution is 0.0984. The van der Waals surface area contributed by atoms with Gasteiger partial charge in [0.05, 0.1) is 12.1 Å². The molecule has 2 aromatic heterocycles. The Labute approximate surface area is 202 Å². The topological polar surface area (TPSA) is 115 Å². The molecule has 0 aliphatic heterocycles. The van der Waals surface area contributed by atoms with Crippen molar-refractivity contribution in [3.8, 4) is 0 Å². The molecule has 0 saturated heterocycles.